The van der Waals surface area contributed by atoms with Crippen LogP contribution in [0.2, 0.25) is 0 Å². The number of hydrogen-bond donors (Lipinski definition) is 2. The second-order valence-corrected chi connectivity index (χ2v) is 7.16. The number of nitrogens with zero attached hydrogens (tertiary/aromatic N) is 2. The standard InChI is InChI=1S/C17H28N4O4/c1-25-11-15(22)20-8-5-12(6-9-20)18-17(24)19-14-7-10-21(16(14)23)13-3-2-4-13/h12-14H,2-11H2,1H3,(H2,18,19,24). The van der Waals surface area contributed by atoms with Gasteiger partial charge < -0.3 is 25.2 Å². The molecule has 1 atom stereocenters. The van der Waals surface area contributed by atoms with Gasteiger partial charge in [-0.05, 0) is 38.5 Å². The molecule has 1 saturated carbocycles. The van der Waals surface area contributed by atoms with Crippen molar-refractivity contribution in [2.75, 3.05) is 33.4 Å². The number of methoxy groups -OCH3 is 1. The SMILES string of the molecule is COCC(=O)N1CCC(NC(=O)NC2CCN(C3CCC3)C2=O)CC1. The minimum Gasteiger partial charge on any atom is -0.375 e. The van der Waals surface area contributed by atoms with Crippen LogP contribution in [0.15, 0.2) is 0 Å². The van der Waals surface area contributed by atoms with Gasteiger partial charge in [0.1, 0.15) is 12.6 Å². The molecule has 3 aliphatic rings. The summed E-state index contributed by atoms with van der Waals surface area (Å²) < 4.78 is 4.86. The molecule has 4 amide bonds. The molecule has 2 N–H and O–H groups in total. The highest BCUT2D eigenvalue weighted by molar-refractivity contribution is 5.89. The van der Waals surface area contributed by atoms with Gasteiger partial charge in [0.05, 0.1) is 0 Å². The van der Waals surface area contributed by atoms with E-state index in [1.165, 1.54) is 13.5 Å². The summed E-state index contributed by atoms with van der Waals surface area (Å²) in [6.07, 6.45) is 5.49. The Hall–Kier alpha value is -1.83. The van der Waals surface area contributed by atoms with Crippen LogP contribution in [0.3, 0.4) is 0 Å². The smallest absolute Gasteiger partial charge is 0.315 e. The number of ether oxygens (including phenoxy) is 1. The van der Waals surface area contributed by atoms with Gasteiger partial charge in [0.15, 0.2) is 0 Å². The normalized spacial score (nSPS) is 25.0. The summed E-state index contributed by atoms with van der Waals surface area (Å²) in [5.41, 5.74) is 0. The molecule has 1 unspecified atom stereocenters. The van der Waals surface area contributed by atoms with Gasteiger partial charge in [-0.15, -0.1) is 0 Å². The van der Waals surface area contributed by atoms with Crippen LogP contribution in [0.1, 0.15) is 38.5 Å². The number of carbonyl (C=O) groups is 3. The predicted octanol–water partition coefficient (Wildman–Crippen LogP) is 0.0764. The lowest BCUT2D eigenvalue weighted by Crippen LogP contribution is -2.53. The second-order valence-electron chi connectivity index (χ2n) is 7.16. The number of piperidine rings is 1. The minimum absolute atomic E-state index is 0.0157. The Balaban J connectivity index is 1.39. The van der Waals surface area contributed by atoms with Crippen molar-refractivity contribution in [3.63, 3.8) is 0 Å². The fraction of sp³-hybridized carbons (Fsp3) is 0.824. The molecule has 0 aromatic carbocycles. The van der Waals surface area contributed by atoms with E-state index in [0.717, 1.165) is 32.2 Å². The number of nitrogens with one attached hydrogen (secondary N) is 2. The summed E-state index contributed by atoms with van der Waals surface area (Å²) in [6.45, 7) is 2.07. The van der Waals surface area contributed by atoms with E-state index >= 15 is 0 Å². The molecule has 2 saturated heterocycles. The van der Waals surface area contributed by atoms with E-state index in [2.05, 4.69) is 10.6 Å². The number of rotatable bonds is 5. The van der Waals surface area contributed by atoms with E-state index in [9.17, 15) is 14.4 Å². The van der Waals surface area contributed by atoms with E-state index in [0.29, 0.717) is 25.6 Å². The van der Waals surface area contributed by atoms with Crippen molar-refractivity contribution < 1.29 is 19.1 Å². The molecule has 0 bridgehead atoms. The molecule has 0 aromatic heterocycles. The van der Waals surface area contributed by atoms with Gasteiger partial charge in [-0.2, -0.15) is 0 Å². The molecule has 3 rings (SSSR count). The van der Waals surface area contributed by atoms with Crippen LogP contribution in [0, 0.1) is 0 Å². The first-order valence-electron chi connectivity index (χ1n) is 9.22. The lowest BCUT2D eigenvalue weighted by Gasteiger charge is -2.35. The first kappa shape index (κ1) is 18.0. The maximum absolute atomic E-state index is 12.4. The van der Waals surface area contributed by atoms with Crippen LogP contribution in [0.4, 0.5) is 4.79 Å². The van der Waals surface area contributed by atoms with Gasteiger partial charge in [0.2, 0.25) is 11.8 Å². The fourth-order valence-corrected chi connectivity index (χ4v) is 3.77. The largest absolute Gasteiger partial charge is 0.375 e. The molecule has 25 heavy (non-hydrogen) atoms. The van der Waals surface area contributed by atoms with Crippen LogP contribution >= 0.6 is 0 Å². The predicted molar refractivity (Wildman–Crippen MR) is 90.9 cm³/mol. The fourth-order valence-electron chi connectivity index (χ4n) is 3.77. The first-order valence-corrected chi connectivity index (χ1v) is 9.22. The van der Waals surface area contributed by atoms with Crippen molar-refractivity contribution >= 4 is 17.8 Å². The molecular formula is C17H28N4O4. The highest BCUT2D eigenvalue weighted by atomic mass is 16.5. The number of carbonyl (C=O) groups excluding carboxylic acids is 3. The van der Waals surface area contributed by atoms with Gasteiger partial charge in [0.25, 0.3) is 0 Å². The molecule has 2 aliphatic heterocycles. The Morgan fingerprint density at radius 1 is 1.08 bits per heavy atom. The molecule has 0 spiro atoms. The van der Waals surface area contributed by atoms with Crippen molar-refractivity contribution in [2.24, 2.45) is 0 Å². The summed E-state index contributed by atoms with van der Waals surface area (Å²) >= 11 is 0. The maximum Gasteiger partial charge on any atom is 0.315 e. The van der Waals surface area contributed by atoms with Gasteiger partial charge in [-0.1, -0.05) is 0 Å². The molecule has 3 fully saturated rings. The van der Waals surface area contributed by atoms with Crippen molar-refractivity contribution in [1.82, 2.24) is 20.4 Å². The Labute approximate surface area is 148 Å². The lowest BCUT2D eigenvalue weighted by atomic mass is 9.92. The van der Waals surface area contributed by atoms with Gasteiger partial charge in [-0.3, -0.25) is 9.59 Å². The Bertz CT molecular complexity index is 515. The quantitative estimate of drug-likeness (QED) is 0.733. The molecular weight excluding hydrogens is 324 g/mol. The highest BCUT2D eigenvalue weighted by Gasteiger charge is 2.38. The molecule has 8 heteroatoms. The highest BCUT2D eigenvalue weighted by Crippen LogP contribution is 2.28. The topological polar surface area (TPSA) is 91.0 Å². The van der Waals surface area contributed by atoms with Crippen molar-refractivity contribution in [3.8, 4) is 0 Å². The number of likely N-dealkylation sites (tertiary alicyclic amines) is 2. The average Bonchev–Trinajstić information content (AvgIpc) is 2.88. The van der Waals surface area contributed by atoms with Crippen LogP contribution in [0.5, 0.6) is 0 Å². The lowest BCUT2D eigenvalue weighted by molar-refractivity contribution is -0.136. The van der Waals surface area contributed by atoms with E-state index in [-0.39, 0.29) is 30.5 Å². The third-order valence-corrected chi connectivity index (χ3v) is 5.51. The van der Waals surface area contributed by atoms with Crippen LogP contribution in [-0.4, -0.2) is 79.1 Å². The van der Waals surface area contributed by atoms with Crippen LogP contribution in [-0.2, 0) is 14.3 Å². The Kier molecular flexibility index (Phi) is 5.78. The van der Waals surface area contributed by atoms with Gasteiger partial charge in [-0.25, -0.2) is 4.79 Å². The minimum atomic E-state index is -0.399. The summed E-state index contributed by atoms with van der Waals surface area (Å²) in [6, 6.07) is -0.262. The van der Waals surface area contributed by atoms with E-state index in [1.54, 1.807) is 4.90 Å². The van der Waals surface area contributed by atoms with Crippen LogP contribution < -0.4 is 10.6 Å². The van der Waals surface area contributed by atoms with Gasteiger partial charge >= 0.3 is 6.03 Å². The van der Waals surface area contributed by atoms with E-state index in [4.69, 9.17) is 4.74 Å². The number of amides is 4. The summed E-state index contributed by atoms with van der Waals surface area (Å²) in [5.74, 6) is 0.0397. The summed E-state index contributed by atoms with van der Waals surface area (Å²) in [7, 11) is 1.51. The van der Waals surface area contributed by atoms with Crippen molar-refractivity contribution in [3.05, 3.63) is 0 Å². The average molecular weight is 352 g/mol. The zero-order valence-corrected chi connectivity index (χ0v) is 14.8. The molecule has 2 heterocycles. The van der Waals surface area contributed by atoms with E-state index < -0.39 is 6.04 Å². The molecule has 1 aliphatic carbocycles. The van der Waals surface area contributed by atoms with E-state index in [1.807, 2.05) is 4.90 Å². The van der Waals surface area contributed by atoms with Crippen molar-refractivity contribution in [2.45, 2.75) is 56.7 Å². The number of hydrogen-bond acceptors (Lipinski definition) is 4. The third-order valence-electron chi connectivity index (χ3n) is 5.51. The summed E-state index contributed by atoms with van der Waals surface area (Å²) in [5, 5.41) is 5.76. The maximum atomic E-state index is 12.4. The third kappa shape index (κ3) is 4.23. The zero-order chi connectivity index (χ0) is 17.8. The first-order chi connectivity index (χ1) is 12.1. The molecule has 0 radical (unpaired) electrons. The van der Waals surface area contributed by atoms with Gasteiger partial charge in [0, 0.05) is 38.8 Å². The molecule has 140 valence electrons. The Morgan fingerprint density at radius 3 is 2.40 bits per heavy atom. The van der Waals surface area contributed by atoms with Crippen LogP contribution in [0.25, 0.3) is 0 Å². The second kappa shape index (κ2) is 8.03. The summed E-state index contributed by atoms with van der Waals surface area (Å²) in [4.78, 5) is 40.0. The Morgan fingerprint density at radius 2 is 1.80 bits per heavy atom. The number of urea groups is 1. The molecule has 8 nitrogen and oxygen atoms in total. The molecule has 0 aromatic rings. The van der Waals surface area contributed by atoms with Crippen molar-refractivity contribution in [1.29, 1.82) is 0 Å². The monoisotopic (exact) mass is 352 g/mol. The zero-order valence-electron chi connectivity index (χ0n) is 14.8.